The molecule has 0 radical (unpaired) electrons. The monoisotopic (exact) mass is 491 g/mol. The molecule has 1 atom stereocenters. The summed E-state index contributed by atoms with van der Waals surface area (Å²) in [7, 11) is 0. The third kappa shape index (κ3) is 5.55. The van der Waals surface area contributed by atoms with Crippen molar-refractivity contribution in [2.75, 3.05) is 32.7 Å². The van der Waals surface area contributed by atoms with Gasteiger partial charge in [0, 0.05) is 36.5 Å². The van der Waals surface area contributed by atoms with Crippen LogP contribution in [-0.2, 0) is 12.0 Å². The van der Waals surface area contributed by atoms with Crippen molar-refractivity contribution in [3.8, 4) is 0 Å². The van der Waals surface area contributed by atoms with E-state index in [1.807, 2.05) is 0 Å². The molecule has 3 heterocycles. The minimum Gasteiger partial charge on any atom is -0.357 e. The lowest BCUT2D eigenvalue weighted by Crippen LogP contribution is -2.42. The van der Waals surface area contributed by atoms with Crippen molar-refractivity contribution < 1.29 is 0 Å². The lowest BCUT2D eigenvalue weighted by Gasteiger charge is -2.25. The van der Waals surface area contributed by atoms with Crippen molar-refractivity contribution in [3.05, 3.63) is 16.1 Å². The van der Waals surface area contributed by atoms with Crippen LogP contribution in [0.3, 0.4) is 0 Å². The summed E-state index contributed by atoms with van der Waals surface area (Å²) in [5.74, 6) is 1.05. The number of rotatable bonds is 4. The first-order valence-corrected chi connectivity index (χ1v) is 10.6. The third-order valence-corrected chi connectivity index (χ3v) is 5.97. The maximum Gasteiger partial charge on any atom is 0.194 e. The van der Waals surface area contributed by atoms with Gasteiger partial charge >= 0.3 is 0 Å². The van der Waals surface area contributed by atoms with Gasteiger partial charge in [-0.25, -0.2) is 9.98 Å². The number of aromatic nitrogens is 1. The highest BCUT2D eigenvalue weighted by Gasteiger charge is 2.30. The van der Waals surface area contributed by atoms with Gasteiger partial charge in [0.2, 0.25) is 0 Å². The van der Waals surface area contributed by atoms with E-state index in [-0.39, 0.29) is 29.4 Å². The molecular weight excluding hydrogens is 457 g/mol. The SMILES string of the molecule is CCNC(=NCc1nc(C(C)(C)C)cs1)N1CCC(N2CCCC2)C1.I. The number of likely N-dealkylation sites (tertiary alicyclic amines) is 2. The summed E-state index contributed by atoms with van der Waals surface area (Å²) in [6.45, 7) is 15.1. The van der Waals surface area contributed by atoms with Gasteiger partial charge in [0.15, 0.2) is 5.96 Å². The molecule has 0 saturated carbocycles. The summed E-state index contributed by atoms with van der Waals surface area (Å²) in [5, 5.41) is 6.76. The number of hydrogen-bond donors (Lipinski definition) is 1. The summed E-state index contributed by atoms with van der Waals surface area (Å²) in [6.07, 6.45) is 3.99. The molecule has 0 amide bonds. The van der Waals surface area contributed by atoms with Gasteiger partial charge in [0.25, 0.3) is 0 Å². The molecule has 5 nitrogen and oxygen atoms in total. The van der Waals surface area contributed by atoms with Crippen LogP contribution < -0.4 is 5.32 Å². The van der Waals surface area contributed by atoms with Gasteiger partial charge in [0.05, 0.1) is 12.2 Å². The number of thiazole rings is 1. The van der Waals surface area contributed by atoms with E-state index >= 15 is 0 Å². The van der Waals surface area contributed by atoms with E-state index in [1.165, 1.54) is 38.0 Å². The van der Waals surface area contributed by atoms with Crippen molar-refractivity contribution in [2.45, 2.75) is 65.0 Å². The fourth-order valence-corrected chi connectivity index (χ4v) is 4.58. The smallest absolute Gasteiger partial charge is 0.194 e. The highest BCUT2D eigenvalue weighted by molar-refractivity contribution is 14.0. The van der Waals surface area contributed by atoms with Gasteiger partial charge in [-0.1, -0.05) is 20.8 Å². The van der Waals surface area contributed by atoms with Gasteiger partial charge in [0.1, 0.15) is 5.01 Å². The Hall–Kier alpha value is -0.410. The predicted molar refractivity (Wildman–Crippen MR) is 122 cm³/mol. The van der Waals surface area contributed by atoms with Gasteiger partial charge in [-0.3, -0.25) is 4.90 Å². The second-order valence-electron chi connectivity index (χ2n) is 8.18. The zero-order chi connectivity index (χ0) is 17.9. The van der Waals surface area contributed by atoms with E-state index in [0.29, 0.717) is 12.6 Å². The van der Waals surface area contributed by atoms with Gasteiger partial charge < -0.3 is 10.2 Å². The number of hydrogen-bond acceptors (Lipinski definition) is 4. The van der Waals surface area contributed by atoms with Crippen LogP contribution in [0, 0.1) is 0 Å². The molecule has 0 bridgehead atoms. The van der Waals surface area contributed by atoms with Crippen LogP contribution in [0.15, 0.2) is 10.4 Å². The molecule has 0 spiro atoms. The summed E-state index contributed by atoms with van der Waals surface area (Å²) in [5.41, 5.74) is 1.28. The number of nitrogens with one attached hydrogen (secondary N) is 1. The zero-order valence-corrected chi connectivity index (χ0v) is 19.8. The number of halogens is 1. The third-order valence-electron chi connectivity index (χ3n) is 5.14. The van der Waals surface area contributed by atoms with Crippen molar-refractivity contribution in [2.24, 2.45) is 4.99 Å². The number of aliphatic imine (C=N–C) groups is 1. The number of nitrogens with zero attached hydrogens (tertiary/aromatic N) is 4. The summed E-state index contributed by atoms with van der Waals surface area (Å²) >= 11 is 1.73. The molecule has 148 valence electrons. The van der Waals surface area contributed by atoms with Crippen LogP contribution in [-0.4, -0.2) is 59.5 Å². The van der Waals surface area contributed by atoms with E-state index in [4.69, 9.17) is 9.98 Å². The van der Waals surface area contributed by atoms with Crippen LogP contribution in [0.5, 0.6) is 0 Å². The fraction of sp³-hybridized carbons (Fsp3) is 0.789. The van der Waals surface area contributed by atoms with Crippen LogP contribution in [0.4, 0.5) is 0 Å². The summed E-state index contributed by atoms with van der Waals surface area (Å²) in [6, 6.07) is 0.707. The lowest BCUT2D eigenvalue weighted by molar-refractivity contribution is 0.249. The molecule has 1 N–H and O–H groups in total. The second-order valence-corrected chi connectivity index (χ2v) is 9.12. The van der Waals surface area contributed by atoms with E-state index in [0.717, 1.165) is 30.6 Å². The Morgan fingerprint density at radius 2 is 2.04 bits per heavy atom. The summed E-state index contributed by atoms with van der Waals surface area (Å²) in [4.78, 5) is 14.8. The first-order chi connectivity index (χ1) is 12.0. The van der Waals surface area contributed by atoms with Crippen molar-refractivity contribution >= 4 is 41.3 Å². The molecule has 2 fully saturated rings. The zero-order valence-electron chi connectivity index (χ0n) is 16.6. The molecule has 1 aromatic rings. The number of guanidine groups is 1. The van der Waals surface area contributed by atoms with E-state index in [9.17, 15) is 0 Å². The van der Waals surface area contributed by atoms with E-state index in [1.54, 1.807) is 11.3 Å². The lowest BCUT2D eigenvalue weighted by atomic mass is 9.93. The quantitative estimate of drug-likeness (QED) is 0.397. The Morgan fingerprint density at radius 3 is 2.65 bits per heavy atom. The molecule has 0 aliphatic carbocycles. The molecule has 7 heteroatoms. The van der Waals surface area contributed by atoms with Crippen LogP contribution in [0.2, 0.25) is 0 Å². The van der Waals surface area contributed by atoms with Crippen LogP contribution in [0.25, 0.3) is 0 Å². The standard InChI is InChI=1S/C19H33N5S.HI/c1-5-20-18(21-12-17-22-16(14-25-17)19(2,3)4)24-11-8-15(13-24)23-9-6-7-10-23;/h14-15H,5-13H2,1-4H3,(H,20,21);1H. The first-order valence-electron chi connectivity index (χ1n) is 9.69. The minimum absolute atomic E-state index is 0. The topological polar surface area (TPSA) is 43.8 Å². The molecule has 2 saturated heterocycles. The van der Waals surface area contributed by atoms with Gasteiger partial charge in [-0.2, -0.15) is 0 Å². The Balaban J connectivity index is 0.00000243. The highest BCUT2D eigenvalue weighted by atomic mass is 127. The first kappa shape index (κ1) is 21.9. The van der Waals surface area contributed by atoms with Crippen LogP contribution >= 0.6 is 35.3 Å². The normalized spacial score (nSPS) is 21.9. The maximum atomic E-state index is 4.88. The molecule has 26 heavy (non-hydrogen) atoms. The van der Waals surface area contributed by atoms with Crippen molar-refractivity contribution in [3.63, 3.8) is 0 Å². The van der Waals surface area contributed by atoms with Gasteiger partial charge in [-0.15, -0.1) is 35.3 Å². The predicted octanol–water partition coefficient (Wildman–Crippen LogP) is 3.69. The molecule has 2 aliphatic heterocycles. The Morgan fingerprint density at radius 1 is 1.31 bits per heavy atom. The molecule has 3 rings (SSSR count). The molecule has 1 aromatic heterocycles. The highest BCUT2D eigenvalue weighted by Crippen LogP contribution is 2.24. The Labute approximate surface area is 179 Å². The van der Waals surface area contributed by atoms with Crippen molar-refractivity contribution in [1.82, 2.24) is 20.1 Å². The molecule has 2 aliphatic rings. The van der Waals surface area contributed by atoms with E-state index in [2.05, 4.69) is 48.2 Å². The maximum absolute atomic E-state index is 4.88. The molecular formula is C19H34IN5S. The molecule has 0 aromatic carbocycles. The Bertz CT molecular complexity index is 589. The van der Waals surface area contributed by atoms with Crippen molar-refractivity contribution in [1.29, 1.82) is 0 Å². The molecule has 1 unspecified atom stereocenters. The summed E-state index contributed by atoms with van der Waals surface area (Å²) < 4.78 is 0. The van der Waals surface area contributed by atoms with E-state index < -0.39 is 0 Å². The minimum atomic E-state index is 0. The van der Waals surface area contributed by atoms with Crippen LogP contribution in [0.1, 0.15) is 57.7 Å². The fourth-order valence-electron chi connectivity index (χ4n) is 3.64. The average Bonchev–Trinajstić information content (AvgIpc) is 3.31. The largest absolute Gasteiger partial charge is 0.357 e. The Kier molecular flexibility index (Phi) is 8.15. The van der Waals surface area contributed by atoms with Gasteiger partial charge in [-0.05, 0) is 39.3 Å². The second kappa shape index (κ2) is 9.68. The average molecular weight is 491 g/mol.